The summed E-state index contributed by atoms with van der Waals surface area (Å²) in [5.41, 5.74) is 1.27. The van der Waals surface area contributed by atoms with Crippen molar-refractivity contribution in [2.75, 3.05) is 41.4 Å². The first-order valence-corrected chi connectivity index (χ1v) is 21.0. The van der Waals surface area contributed by atoms with Crippen LogP contribution in [-0.2, 0) is 20.0 Å². The van der Waals surface area contributed by atoms with E-state index in [1.807, 2.05) is 23.6 Å². The van der Waals surface area contributed by atoms with Gasteiger partial charge in [-0.25, -0.2) is 26.3 Å². The van der Waals surface area contributed by atoms with Gasteiger partial charge < -0.3 is 20.0 Å². The molecule has 16 heteroatoms. The Bertz CT molecular complexity index is 1410. The van der Waals surface area contributed by atoms with Gasteiger partial charge in [0, 0.05) is 46.2 Å². The van der Waals surface area contributed by atoms with Gasteiger partial charge in [0.1, 0.15) is 9.79 Å². The highest BCUT2D eigenvalue weighted by molar-refractivity contribution is 9.10. The van der Waals surface area contributed by atoms with Gasteiger partial charge in [0.2, 0.25) is 20.0 Å². The van der Waals surface area contributed by atoms with Crippen molar-refractivity contribution in [1.82, 2.24) is 9.44 Å². The second-order valence-corrected chi connectivity index (χ2v) is 18.6. The van der Waals surface area contributed by atoms with Crippen molar-refractivity contribution in [2.24, 2.45) is 11.8 Å². The minimum absolute atomic E-state index is 0.0274. The zero-order valence-corrected chi connectivity index (χ0v) is 33.9. The Kier molecular flexibility index (Phi) is 17.2. The average molecular weight is 868 g/mol. The Morgan fingerprint density at radius 3 is 1.32 bits per heavy atom. The van der Waals surface area contributed by atoms with E-state index in [2.05, 4.69) is 69.0 Å². The molecule has 10 nitrogen and oxygen atoms in total. The summed E-state index contributed by atoms with van der Waals surface area (Å²) in [4.78, 5) is 4.49. The van der Waals surface area contributed by atoms with Gasteiger partial charge in [0.25, 0.3) is 0 Å². The first kappa shape index (κ1) is 42.5. The predicted molar refractivity (Wildman–Crippen MR) is 200 cm³/mol. The van der Waals surface area contributed by atoms with E-state index in [-0.39, 0.29) is 52.5 Å². The van der Waals surface area contributed by atoms with E-state index in [9.17, 15) is 27.0 Å². The molecule has 2 heterocycles. The molecular weight excluding hydrogens is 819 g/mol. The molecule has 0 saturated carbocycles. The molecule has 2 aliphatic rings. The lowest BCUT2D eigenvalue weighted by molar-refractivity contribution is 0.264. The molecular formula is C31H48Br2Cl2N4O6S2. The number of rotatable bonds is 8. The molecule has 0 unspecified atom stereocenters. The lowest BCUT2D eigenvalue weighted by atomic mass is 10.0. The van der Waals surface area contributed by atoms with Gasteiger partial charge in [-0.15, -0.1) is 23.2 Å². The van der Waals surface area contributed by atoms with Crippen molar-refractivity contribution in [3.8, 4) is 0 Å². The number of aliphatic hydroxyl groups excluding tert-OH is 2. The van der Waals surface area contributed by atoms with Crippen LogP contribution in [0.4, 0.5) is 11.4 Å². The van der Waals surface area contributed by atoms with Crippen LogP contribution < -0.4 is 19.2 Å². The van der Waals surface area contributed by atoms with Crippen LogP contribution in [0.2, 0.25) is 0 Å². The zero-order valence-electron chi connectivity index (χ0n) is 27.6. The number of aliphatic hydroxyl groups is 2. The Morgan fingerprint density at radius 1 is 0.723 bits per heavy atom. The van der Waals surface area contributed by atoms with Crippen LogP contribution in [0.15, 0.2) is 55.1 Å². The number of nitrogens with one attached hydrogen (secondary N) is 2. The lowest BCUT2D eigenvalue weighted by Crippen LogP contribution is -2.45. The van der Waals surface area contributed by atoms with Gasteiger partial charge in [-0.3, -0.25) is 0 Å². The molecule has 268 valence electrons. The molecule has 4 atom stereocenters. The monoisotopic (exact) mass is 864 g/mol. The number of alkyl halides is 2. The van der Waals surface area contributed by atoms with Crippen molar-refractivity contribution < 1.29 is 27.0 Å². The van der Waals surface area contributed by atoms with Crippen LogP contribution in [-0.4, -0.2) is 82.9 Å². The van der Waals surface area contributed by atoms with Gasteiger partial charge in [-0.1, -0.05) is 59.6 Å². The molecule has 0 aliphatic carbocycles. The number of hydrogen-bond acceptors (Lipinski definition) is 8. The third-order valence-electron chi connectivity index (χ3n) is 7.62. The van der Waals surface area contributed by atoms with E-state index in [0.717, 1.165) is 21.8 Å². The average Bonchev–Trinajstić information content (AvgIpc) is 3.14. The topological polar surface area (TPSA) is 139 Å². The summed E-state index contributed by atoms with van der Waals surface area (Å²) in [5.74, 6) is 0.763. The molecule has 0 aromatic heterocycles. The maximum Gasteiger partial charge on any atom is 0.242 e. The number of sulfonamides is 2. The van der Waals surface area contributed by atoms with E-state index < -0.39 is 20.0 Å². The maximum absolute atomic E-state index is 12.6. The van der Waals surface area contributed by atoms with E-state index in [1.165, 1.54) is 0 Å². The van der Waals surface area contributed by atoms with E-state index in [0.29, 0.717) is 36.3 Å². The first-order chi connectivity index (χ1) is 21.9. The van der Waals surface area contributed by atoms with Crippen molar-refractivity contribution in [3.63, 3.8) is 0 Å². The first-order valence-electron chi connectivity index (χ1n) is 15.4. The fraction of sp³-hybridized carbons (Fsp3) is 0.613. The highest BCUT2D eigenvalue weighted by Crippen LogP contribution is 2.34. The van der Waals surface area contributed by atoms with E-state index in [4.69, 9.17) is 23.2 Å². The summed E-state index contributed by atoms with van der Waals surface area (Å²) in [7, 11) is -7.12. The Labute approximate surface area is 307 Å². The van der Waals surface area contributed by atoms with Crippen LogP contribution in [0.1, 0.15) is 54.4 Å². The molecule has 0 amide bonds. The summed E-state index contributed by atoms with van der Waals surface area (Å²) in [6, 6.07) is 9.61. The lowest BCUT2D eigenvalue weighted by Gasteiger charge is -2.32. The van der Waals surface area contributed by atoms with Crippen LogP contribution >= 0.6 is 55.1 Å². The van der Waals surface area contributed by atoms with Crippen molar-refractivity contribution in [3.05, 3.63) is 45.3 Å². The minimum Gasteiger partial charge on any atom is -0.394 e. The molecule has 47 heavy (non-hydrogen) atoms. The largest absolute Gasteiger partial charge is 0.394 e. The van der Waals surface area contributed by atoms with Gasteiger partial charge in [0.15, 0.2) is 0 Å². The minimum atomic E-state index is -3.56. The van der Waals surface area contributed by atoms with E-state index in [1.54, 1.807) is 36.4 Å². The highest BCUT2D eigenvalue weighted by Gasteiger charge is 2.34. The third-order valence-corrected chi connectivity index (χ3v) is 11.7. The predicted octanol–water partition coefficient (Wildman–Crippen LogP) is 6.11. The Balaban J connectivity index is 0.000000302. The number of nitrogens with zero attached hydrogens (tertiary/aromatic N) is 2. The number of halogens is 4. The molecule has 0 fully saturated rings. The molecule has 4 N–H and O–H groups in total. The standard InChI is InChI=1S/2C15H23BrN2O3S.CH2Cl2/c2*1-10(2)6-13-8-18(11(3)9-19)14-7-12(16)4-5-15(14)22(20,21)17-13;2-1-3/h2*4-5,7,10-11,13,17,19H,6,8-9H2,1-3H3;1H2/t2*11-,13+;/m11./s1. The molecule has 0 saturated heterocycles. The zero-order chi connectivity index (χ0) is 35.7. The number of benzene rings is 2. The number of anilines is 2. The molecule has 2 aromatic rings. The Hall–Kier alpha value is -0.680. The van der Waals surface area contributed by atoms with E-state index >= 15 is 0 Å². The molecule has 0 spiro atoms. The second kappa shape index (κ2) is 19.1. The van der Waals surface area contributed by atoms with Crippen LogP contribution in [0.25, 0.3) is 0 Å². The summed E-state index contributed by atoms with van der Waals surface area (Å²) in [6.07, 6.45) is 1.51. The smallest absolute Gasteiger partial charge is 0.242 e. The van der Waals surface area contributed by atoms with Gasteiger partial charge in [-0.2, -0.15) is 0 Å². The van der Waals surface area contributed by atoms with Crippen molar-refractivity contribution >= 4 is 86.5 Å². The van der Waals surface area contributed by atoms with Crippen molar-refractivity contribution in [2.45, 2.75) is 88.3 Å². The molecule has 2 aliphatic heterocycles. The highest BCUT2D eigenvalue weighted by atomic mass is 79.9. The summed E-state index contributed by atoms with van der Waals surface area (Å²) < 4.78 is 57.8. The second-order valence-electron chi connectivity index (χ2n) is 12.6. The van der Waals surface area contributed by atoms with Gasteiger partial charge >= 0.3 is 0 Å². The molecule has 2 aromatic carbocycles. The quantitative estimate of drug-likeness (QED) is 0.234. The van der Waals surface area contributed by atoms with Crippen LogP contribution in [0, 0.1) is 11.8 Å². The fourth-order valence-corrected chi connectivity index (χ4v) is 9.18. The van der Waals surface area contributed by atoms with Gasteiger partial charge in [-0.05, 0) is 74.9 Å². The summed E-state index contributed by atoms with van der Waals surface area (Å²) >= 11 is 16.3. The number of hydrogen-bond donors (Lipinski definition) is 4. The van der Waals surface area contributed by atoms with Crippen molar-refractivity contribution in [1.29, 1.82) is 0 Å². The number of fused-ring (bicyclic) bond motifs is 2. The molecule has 4 rings (SSSR count). The van der Waals surface area contributed by atoms with Crippen LogP contribution in [0.5, 0.6) is 0 Å². The maximum atomic E-state index is 12.6. The molecule has 0 bridgehead atoms. The summed E-state index contributed by atoms with van der Waals surface area (Å²) in [6.45, 7) is 13.1. The normalized spacial score (nSPS) is 21.2. The summed E-state index contributed by atoms with van der Waals surface area (Å²) in [5, 5.41) is 19.3. The van der Waals surface area contributed by atoms with Gasteiger partial charge in [0.05, 0.1) is 29.9 Å². The fourth-order valence-electron chi connectivity index (χ4n) is 5.61. The Morgan fingerprint density at radius 2 is 1.04 bits per heavy atom. The van der Waals surface area contributed by atoms with Crippen LogP contribution in [0.3, 0.4) is 0 Å². The third kappa shape index (κ3) is 12.3. The molecule has 0 radical (unpaired) electrons. The SMILES string of the molecule is CC(C)C[C@H]1CN([C@H](C)CO)c2cc(Br)ccc2S(=O)(=O)N1.CC(C)C[C@H]1CN([C@H](C)CO)c2cc(Br)ccc2S(=O)(=O)N1.ClCCl.